The van der Waals surface area contributed by atoms with Gasteiger partial charge in [-0.15, -0.1) is 0 Å². The topological polar surface area (TPSA) is 29.5 Å². The van der Waals surface area contributed by atoms with Crippen LogP contribution in [-0.2, 0) is 9.53 Å². The molecule has 0 unspecified atom stereocenters. The lowest BCUT2D eigenvalue weighted by molar-refractivity contribution is -0.143. The van der Waals surface area contributed by atoms with Gasteiger partial charge in [-0.1, -0.05) is 13.8 Å². The lowest BCUT2D eigenvalue weighted by atomic mass is 9.87. The second-order valence-electron chi connectivity index (χ2n) is 4.98. The van der Waals surface area contributed by atoms with Gasteiger partial charge in [0.2, 0.25) is 0 Å². The van der Waals surface area contributed by atoms with E-state index in [9.17, 15) is 4.79 Å². The number of nitrogens with zero attached hydrogens (tertiary/aromatic N) is 1. The smallest absolute Gasteiger partial charge is 0.307 e. The normalized spacial score (nSPS) is 19.0. The second kappa shape index (κ2) is 6.89. The van der Waals surface area contributed by atoms with Crippen LogP contribution >= 0.6 is 0 Å². The highest BCUT2D eigenvalue weighted by atomic mass is 16.5. The van der Waals surface area contributed by atoms with E-state index in [2.05, 4.69) is 18.7 Å². The molecule has 1 aliphatic rings. The predicted octanol–water partition coefficient (Wildman–Crippen LogP) is 2.31. The van der Waals surface area contributed by atoms with Crippen LogP contribution in [0, 0.1) is 11.8 Å². The monoisotopic (exact) mass is 227 g/mol. The molecule has 0 saturated carbocycles. The van der Waals surface area contributed by atoms with Crippen LogP contribution in [0.5, 0.6) is 0 Å². The molecule has 0 aromatic carbocycles. The molecule has 0 radical (unpaired) electrons. The van der Waals surface area contributed by atoms with E-state index < -0.39 is 0 Å². The fourth-order valence-corrected chi connectivity index (χ4v) is 2.33. The zero-order valence-corrected chi connectivity index (χ0v) is 10.9. The highest BCUT2D eigenvalue weighted by Crippen LogP contribution is 2.24. The average Bonchev–Trinajstić information content (AvgIpc) is 2.27. The number of hydrogen-bond acceptors (Lipinski definition) is 3. The molecule has 1 heterocycles. The number of carbonyl (C=O) groups excluding carboxylic acids is 1. The van der Waals surface area contributed by atoms with Crippen molar-refractivity contribution in [1.82, 2.24) is 4.90 Å². The largest absolute Gasteiger partial charge is 0.466 e. The summed E-state index contributed by atoms with van der Waals surface area (Å²) in [5.41, 5.74) is 0. The van der Waals surface area contributed by atoms with Crippen molar-refractivity contribution in [3.05, 3.63) is 0 Å². The van der Waals surface area contributed by atoms with Gasteiger partial charge < -0.3 is 9.64 Å². The Balaban J connectivity index is 2.15. The maximum atomic E-state index is 11.2. The quantitative estimate of drug-likeness (QED) is 0.675. The molecule has 0 bridgehead atoms. The summed E-state index contributed by atoms with van der Waals surface area (Å²) in [6.07, 6.45) is 3.10. The minimum atomic E-state index is -0.0616. The van der Waals surface area contributed by atoms with Gasteiger partial charge in [0.25, 0.3) is 0 Å². The van der Waals surface area contributed by atoms with E-state index >= 15 is 0 Å². The fraction of sp³-hybridized carbons (Fsp3) is 0.923. The molecule has 1 aliphatic heterocycles. The Hall–Kier alpha value is -0.570. The van der Waals surface area contributed by atoms with Crippen LogP contribution in [0.1, 0.15) is 40.0 Å². The summed E-state index contributed by atoms with van der Waals surface area (Å²) in [5.74, 6) is 1.61. The Labute approximate surface area is 99.1 Å². The summed E-state index contributed by atoms with van der Waals surface area (Å²) in [7, 11) is 0. The molecule has 3 nitrogen and oxygen atoms in total. The van der Waals surface area contributed by atoms with Gasteiger partial charge >= 0.3 is 5.97 Å². The van der Waals surface area contributed by atoms with Crippen molar-refractivity contribution in [2.75, 3.05) is 26.2 Å². The third-order valence-corrected chi connectivity index (χ3v) is 3.51. The predicted molar refractivity (Wildman–Crippen MR) is 65.3 cm³/mol. The van der Waals surface area contributed by atoms with Crippen molar-refractivity contribution in [3.63, 3.8) is 0 Å². The molecule has 0 aromatic heterocycles. The zero-order chi connectivity index (χ0) is 12.0. The molecule has 0 aliphatic carbocycles. The molecule has 0 amide bonds. The van der Waals surface area contributed by atoms with E-state index in [0.29, 0.717) is 13.0 Å². The molecule has 16 heavy (non-hydrogen) atoms. The first-order valence-electron chi connectivity index (χ1n) is 6.51. The van der Waals surface area contributed by atoms with Gasteiger partial charge in [0, 0.05) is 6.54 Å². The van der Waals surface area contributed by atoms with Crippen LogP contribution in [0.2, 0.25) is 0 Å². The van der Waals surface area contributed by atoms with Crippen LogP contribution in [0.15, 0.2) is 0 Å². The first-order chi connectivity index (χ1) is 7.63. The van der Waals surface area contributed by atoms with Gasteiger partial charge in [-0.05, 0) is 44.7 Å². The molecule has 1 rings (SSSR count). The van der Waals surface area contributed by atoms with Crippen molar-refractivity contribution >= 4 is 5.97 Å². The average molecular weight is 227 g/mol. The summed E-state index contributed by atoms with van der Waals surface area (Å²) in [5, 5.41) is 0. The minimum absolute atomic E-state index is 0.0616. The molecule has 0 spiro atoms. The minimum Gasteiger partial charge on any atom is -0.466 e. The van der Waals surface area contributed by atoms with E-state index in [4.69, 9.17) is 4.74 Å². The molecule has 0 aromatic rings. The summed E-state index contributed by atoms with van der Waals surface area (Å²) in [4.78, 5) is 13.6. The maximum Gasteiger partial charge on any atom is 0.307 e. The van der Waals surface area contributed by atoms with E-state index in [0.717, 1.165) is 31.5 Å². The third kappa shape index (κ3) is 4.52. The molecule has 1 fully saturated rings. The lowest BCUT2D eigenvalue weighted by Gasteiger charge is -2.33. The van der Waals surface area contributed by atoms with Crippen LogP contribution in [0.25, 0.3) is 0 Å². The van der Waals surface area contributed by atoms with E-state index in [-0.39, 0.29) is 5.97 Å². The van der Waals surface area contributed by atoms with Gasteiger partial charge in [-0.2, -0.15) is 0 Å². The Morgan fingerprint density at radius 2 is 2.00 bits per heavy atom. The highest BCUT2D eigenvalue weighted by molar-refractivity contribution is 5.69. The zero-order valence-electron chi connectivity index (χ0n) is 10.9. The van der Waals surface area contributed by atoms with Gasteiger partial charge in [0.1, 0.15) is 0 Å². The van der Waals surface area contributed by atoms with E-state index in [1.165, 1.54) is 12.8 Å². The number of piperidine rings is 1. The number of hydrogen-bond donors (Lipinski definition) is 0. The highest BCUT2D eigenvalue weighted by Gasteiger charge is 2.21. The van der Waals surface area contributed by atoms with Crippen molar-refractivity contribution < 1.29 is 9.53 Å². The Morgan fingerprint density at radius 1 is 1.38 bits per heavy atom. The lowest BCUT2D eigenvalue weighted by Crippen LogP contribution is -2.36. The molecule has 94 valence electrons. The SMILES string of the molecule is CCOC(=O)CCN1CCC(C(C)C)CC1. The van der Waals surface area contributed by atoms with Gasteiger partial charge in [-0.3, -0.25) is 4.79 Å². The standard InChI is InChI=1S/C13H25NO2/c1-4-16-13(15)7-10-14-8-5-12(6-9-14)11(2)3/h11-12H,4-10H2,1-3H3. The fourth-order valence-electron chi connectivity index (χ4n) is 2.33. The number of rotatable bonds is 5. The first-order valence-corrected chi connectivity index (χ1v) is 6.51. The number of ether oxygens (including phenoxy) is 1. The van der Waals surface area contributed by atoms with Crippen molar-refractivity contribution in [1.29, 1.82) is 0 Å². The number of likely N-dealkylation sites (tertiary alicyclic amines) is 1. The first kappa shape index (κ1) is 13.5. The molecule has 0 atom stereocenters. The third-order valence-electron chi connectivity index (χ3n) is 3.51. The summed E-state index contributed by atoms with van der Waals surface area (Å²) in [6.45, 7) is 10.1. The van der Waals surface area contributed by atoms with Crippen LogP contribution in [0.3, 0.4) is 0 Å². The Kier molecular flexibility index (Phi) is 5.81. The van der Waals surface area contributed by atoms with Crippen molar-refractivity contribution in [2.24, 2.45) is 11.8 Å². The van der Waals surface area contributed by atoms with E-state index in [1.807, 2.05) is 6.92 Å². The molecular weight excluding hydrogens is 202 g/mol. The maximum absolute atomic E-state index is 11.2. The van der Waals surface area contributed by atoms with Crippen LogP contribution in [0.4, 0.5) is 0 Å². The van der Waals surface area contributed by atoms with Gasteiger partial charge in [0.15, 0.2) is 0 Å². The molecule has 1 saturated heterocycles. The summed E-state index contributed by atoms with van der Waals surface area (Å²) < 4.78 is 4.93. The van der Waals surface area contributed by atoms with E-state index in [1.54, 1.807) is 0 Å². The Morgan fingerprint density at radius 3 is 2.50 bits per heavy atom. The summed E-state index contributed by atoms with van der Waals surface area (Å²) >= 11 is 0. The van der Waals surface area contributed by atoms with Gasteiger partial charge in [0.05, 0.1) is 13.0 Å². The van der Waals surface area contributed by atoms with Crippen molar-refractivity contribution in [3.8, 4) is 0 Å². The van der Waals surface area contributed by atoms with Crippen LogP contribution in [-0.4, -0.2) is 37.1 Å². The van der Waals surface area contributed by atoms with Crippen molar-refractivity contribution in [2.45, 2.75) is 40.0 Å². The summed E-state index contributed by atoms with van der Waals surface area (Å²) in [6, 6.07) is 0. The number of esters is 1. The molecule has 3 heteroatoms. The Bertz CT molecular complexity index is 208. The molecule has 0 N–H and O–H groups in total. The molecular formula is C13H25NO2. The number of carbonyl (C=O) groups is 1. The van der Waals surface area contributed by atoms with Crippen LogP contribution < -0.4 is 0 Å². The second-order valence-corrected chi connectivity index (χ2v) is 4.98. The van der Waals surface area contributed by atoms with Gasteiger partial charge in [-0.25, -0.2) is 0 Å².